The van der Waals surface area contributed by atoms with Crippen molar-refractivity contribution in [1.82, 2.24) is 19.7 Å². The molecule has 0 radical (unpaired) electrons. The molecule has 2 aromatic heterocycles. The molecular formula is C5H3BrN4S. The Hall–Kier alpha value is -0.750. The average molecular weight is 234 g/mol. The molecule has 0 aliphatic carbocycles. The number of hydrogen-bond donors (Lipinski definition) is 0. The van der Waals surface area contributed by atoms with Crippen LogP contribution in [0.2, 0.25) is 0 Å². The summed E-state index contributed by atoms with van der Waals surface area (Å²) in [7, 11) is 0. The van der Waals surface area contributed by atoms with Crippen molar-refractivity contribution in [3.63, 3.8) is 0 Å². The first-order valence-electron chi connectivity index (χ1n) is 4.11. The molecule has 2 heterocycles. The molecular weight excluding hydrogens is 228 g/mol. The molecule has 56 valence electrons. The van der Waals surface area contributed by atoms with E-state index in [1.54, 1.807) is 0 Å². The lowest BCUT2D eigenvalue weighted by atomic mass is 10.8. The lowest BCUT2D eigenvalue weighted by Crippen LogP contribution is -1.87. The maximum atomic E-state index is 7.46. The molecule has 0 spiro atoms. The van der Waals surface area contributed by atoms with E-state index in [9.17, 15) is 0 Å². The van der Waals surface area contributed by atoms with Gasteiger partial charge in [0.1, 0.15) is 12.7 Å². The Labute approximate surface area is 79.3 Å². The first-order chi connectivity index (χ1) is 6.59. The zero-order valence-corrected chi connectivity index (χ0v) is 7.48. The van der Waals surface area contributed by atoms with E-state index in [4.69, 9.17) is 4.11 Å². The molecule has 0 fully saturated rings. The smallest absolute Gasteiger partial charge is 0.205 e. The SMILES string of the molecule is [2H]c1nc([2H])c(-n2c([2H])nnc2Br)s1. The highest BCUT2D eigenvalue weighted by Gasteiger charge is 2.02. The van der Waals surface area contributed by atoms with Crippen LogP contribution < -0.4 is 0 Å². The van der Waals surface area contributed by atoms with Crippen LogP contribution in [0.3, 0.4) is 0 Å². The predicted octanol–water partition coefficient (Wildman–Crippen LogP) is 1.49. The fourth-order valence-corrected chi connectivity index (χ4v) is 1.52. The Morgan fingerprint density at radius 2 is 2.64 bits per heavy atom. The van der Waals surface area contributed by atoms with Gasteiger partial charge in [-0.3, -0.25) is 9.55 Å². The minimum atomic E-state index is -0.0889. The highest BCUT2D eigenvalue weighted by atomic mass is 79.9. The van der Waals surface area contributed by atoms with Gasteiger partial charge >= 0.3 is 0 Å². The summed E-state index contributed by atoms with van der Waals surface area (Å²) in [5.74, 6) is 0. The molecule has 4 nitrogen and oxygen atoms in total. The normalized spacial score (nSPS) is 14.1. The highest BCUT2D eigenvalue weighted by molar-refractivity contribution is 9.10. The fourth-order valence-electron chi connectivity index (χ4n) is 0.579. The number of thiazole rings is 1. The molecule has 0 atom stereocenters. The zero-order valence-electron chi connectivity index (χ0n) is 8.08. The first kappa shape index (κ1) is 4.32. The van der Waals surface area contributed by atoms with Crippen LogP contribution in [0.5, 0.6) is 0 Å². The van der Waals surface area contributed by atoms with Crippen molar-refractivity contribution < 1.29 is 4.11 Å². The van der Waals surface area contributed by atoms with Crippen molar-refractivity contribution in [2.45, 2.75) is 0 Å². The average Bonchev–Trinajstić information content (AvgIpc) is 2.57. The number of nitrogens with zero attached hydrogens (tertiary/aromatic N) is 4. The van der Waals surface area contributed by atoms with Gasteiger partial charge in [-0.25, -0.2) is 0 Å². The van der Waals surface area contributed by atoms with E-state index in [1.807, 2.05) is 0 Å². The first-order valence-corrected chi connectivity index (χ1v) is 4.22. The van der Waals surface area contributed by atoms with Crippen LogP contribution in [-0.4, -0.2) is 19.7 Å². The largest absolute Gasteiger partial charge is 0.265 e. The van der Waals surface area contributed by atoms with E-state index in [-0.39, 0.29) is 18.0 Å². The molecule has 2 rings (SSSR count). The van der Waals surface area contributed by atoms with E-state index in [0.29, 0.717) is 9.73 Å². The summed E-state index contributed by atoms with van der Waals surface area (Å²) in [5.41, 5.74) is 0.0324. The van der Waals surface area contributed by atoms with E-state index in [2.05, 4.69) is 31.1 Å². The molecule has 0 saturated carbocycles. The maximum Gasteiger partial charge on any atom is 0.205 e. The predicted molar refractivity (Wildman–Crippen MR) is 44.7 cm³/mol. The van der Waals surface area contributed by atoms with Crippen LogP contribution in [-0.2, 0) is 0 Å². The van der Waals surface area contributed by atoms with Crippen LogP contribution in [0.4, 0.5) is 0 Å². The quantitative estimate of drug-likeness (QED) is 0.750. The third kappa shape index (κ3) is 1.19. The van der Waals surface area contributed by atoms with E-state index in [1.165, 1.54) is 4.57 Å². The molecule has 11 heavy (non-hydrogen) atoms. The second-order valence-electron chi connectivity index (χ2n) is 1.63. The standard InChI is InChI=1S/C5H3BrN4S/c6-5-9-8-2-10(5)4-1-7-3-11-4/h1-3H/i1D,2D,3D. The van der Waals surface area contributed by atoms with Gasteiger partial charge in [-0.2, -0.15) is 0 Å². The van der Waals surface area contributed by atoms with Crippen LogP contribution in [0.15, 0.2) is 22.7 Å². The van der Waals surface area contributed by atoms with Crippen molar-refractivity contribution in [2.24, 2.45) is 0 Å². The van der Waals surface area contributed by atoms with Crippen molar-refractivity contribution >= 4 is 27.3 Å². The minimum absolute atomic E-state index is 0.0324. The second kappa shape index (κ2) is 2.71. The van der Waals surface area contributed by atoms with Gasteiger partial charge in [-0.05, 0) is 15.9 Å². The van der Waals surface area contributed by atoms with Gasteiger partial charge in [-0.1, -0.05) is 0 Å². The molecule has 6 heteroatoms. The van der Waals surface area contributed by atoms with Crippen LogP contribution >= 0.6 is 27.3 Å². The summed E-state index contributed by atoms with van der Waals surface area (Å²) >= 11 is 4.10. The number of hydrogen-bond acceptors (Lipinski definition) is 4. The van der Waals surface area contributed by atoms with Gasteiger partial charge < -0.3 is 0 Å². The van der Waals surface area contributed by atoms with Crippen LogP contribution in [0, 0.1) is 0 Å². The van der Waals surface area contributed by atoms with Gasteiger partial charge in [0.25, 0.3) is 0 Å². The Morgan fingerprint density at radius 3 is 3.18 bits per heavy atom. The molecule has 0 amide bonds. The Bertz CT molecular complexity index is 462. The molecule has 2 aromatic rings. The summed E-state index contributed by atoms with van der Waals surface area (Å²) in [6, 6.07) is 0. The fraction of sp³-hybridized carbons (Fsp3) is 0. The highest BCUT2D eigenvalue weighted by Crippen LogP contribution is 2.16. The van der Waals surface area contributed by atoms with Crippen molar-refractivity contribution in [1.29, 1.82) is 0 Å². The van der Waals surface area contributed by atoms with Gasteiger partial charge in [-0.15, -0.1) is 21.5 Å². The van der Waals surface area contributed by atoms with Crippen molar-refractivity contribution in [2.75, 3.05) is 0 Å². The minimum Gasteiger partial charge on any atom is -0.265 e. The zero-order chi connectivity index (χ0) is 10.3. The summed E-state index contributed by atoms with van der Waals surface area (Å²) < 4.78 is 23.8. The number of halogens is 1. The summed E-state index contributed by atoms with van der Waals surface area (Å²) in [6.45, 7) is 0. The van der Waals surface area contributed by atoms with E-state index in [0.717, 1.165) is 11.3 Å². The van der Waals surface area contributed by atoms with Crippen molar-refractivity contribution in [3.8, 4) is 5.00 Å². The lowest BCUT2D eigenvalue weighted by molar-refractivity contribution is 1.03. The second-order valence-corrected chi connectivity index (χ2v) is 3.11. The van der Waals surface area contributed by atoms with Gasteiger partial charge in [0.2, 0.25) is 4.73 Å². The monoisotopic (exact) mass is 233 g/mol. The molecule has 0 unspecified atom stereocenters. The Balaban J connectivity index is 2.65. The molecule has 0 aliphatic heterocycles. The molecule has 0 saturated heterocycles. The van der Waals surface area contributed by atoms with Crippen molar-refractivity contribution in [3.05, 3.63) is 22.7 Å². The third-order valence-electron chi connectivity index (χ3n) is 1.00. The van der Waals surface area contributed by atoms with E-state index >= 15 is 0 Å². The molecule has 0 aliphatic rings. The lowest BCUT2D eigenvalue weighted by Gasteiger charge is -1.93. The van der Waals surface area contributed by atoms with Crippen LogP contribution in [0.25, 0.3) is 5.00 Å². The summed E-state index contributed by atoms with van der Waals surface area (Å²) in [6.07, 6.45) is -0.136. The summed E-state index contributed by atoms with van der Waals surface area (Å²) in [4.78, 5) is 3.62. The summed E-state index contributed by atoms with van der Waals surface area (Å²) in [5, 5.41) is 7.50. The molecule has 0 bridgehead atoms. The van der Waals surface area contributed by atoms with Crippen LogP contribution in [0.1, 0.15) is 4.11 Å². The van der Waals surface area contributed by atoms with E-state index < -0.39 is 0 Å². The topological polar surface area (TPSA) is 43.6 Å². The number of rotatable bonds is 1. The Morgan fingerprint density at radius 1 is 1.73 bits per heavy atom. The van der Waals surface area contributed by atoms with Gasteiger partial charge in [0.05, 0.1) is 14.4 Å². The maximum absolute atomic E-state index is 7.46. The molecule has 0 aromatic carbocycles. The van der Waals surface area contributed by atoms with Gasteiger partial charge in [0.15, 0.2) is 0 Å². The third-order valence-corrected chi connectivity index (χ3v) is 2.17. The molecule has 0 N–H and O–H groups in total. The number of aromatic nitrogens is 4. The van der Waals surface area contributed by atoms with Gasteiger partial charge in [0, 0.05) is 0 Å². The Kier molecular flexibility index (Phi) is 1.06.